The maximum Gasteiger partial charge on any atom is 0.159 e. The molecule has 1 saturated heterocycles. The smallest absolute Gasteiger partial charge is 0.159 e. The summed E-state index contributed by atoms with van der Waals surface area (Å²) >= 11 is 0. The van der Waals surface area contributed by atoms with Crippen molar-refractivity contribution in [1.82, 2.24) is 20.1 Å². The van der Waals surface area contributed by atoms with Crippen molar-refractivity contribution in [3.63, 3.8) is 0 Å². The largest absolute Gasteiger partial charge is 0.377 e. The lowest BCUT2D eigenvalue weighted by atomic mass is 10.2. The number of aryl methyl sites for hydroxylation is 1. The number of rotatable bonds is 3. The van der Waals surface area contributed by atoms with E-state index < -0.39 is 0 Å². The van der Waals surface area contributed by atoms with Crippen LogP contribution in [0.1, 0.15) is 24.1 Å². The van der Waals surface area contributed by atoms with Gasteiger partial charge in [0.1, 0.15) is 12.4 Å². The van der Waals surface area contributed by atoms with E-state index in [4.69, 9.17) is 4.74 Å². The van der Waals surface area contributed by atoms with Crippen LogP contribution in [0.3, 0.4) is 0 Å². The average molecular weight is 196 g/mol. The van der Waals surface area contributed by atoms with Gasteiger partial charge in [0.2, 0.25) is 0 Å². The van der Waals surface area contributed by atoms with Crippen molar-refractivity contribution in [2.24, 2.45) is 0 Å². The molecule has 2 rings (SSSR count). The Morgan fingerprint density at radius 1 is 1.57 bits per heavy atom. The average Bonchev–Trinajstić information content (AvgIpc) is 2.76. The van der Waals surface area contributed by atoms with Crippen molar-refractivity contribution >= 4 is 0 Å². The monoisotopic (exact) mass is 196 g/mol. The Labute approximate surface area is 83.5 Å². The fraction of sp³-hybridized carbons (Fsp3) is 0.778. The zero-order chi connectivity index (χ0) is 9.97. The van der Waals surface area contributed by atoms with Crippen LogP contribution in [-0.2, 0) is 11.3 Å². The van der Waals surface area contributed by atoms with E-state index in [1.807, 2.05) is 6.92 Å². The molecule has 0 saturated carbocycles. The second-order valence-electron chi connectivity index (χ2n) is 3.61. The van der Waals surface area contributed by atoms with Crippen molar-refractivity contribution in [2.75, 3.05) is 20.2 Å². The van der Waals surface area contributed by atoms with Crippen LogP contribution in [0, 0.1) is 6.92 Å². The molecule has 1 fully saturated rings. The van der Waals surface area contributed by atoms with Crippen molar-refractivity contribution < 1.29 is 4.74 Å². The third-order valence-corrected chi connectivity index (χ3v) is 2.61. The SMILES string of the molecule is COCc1nnc(C)n1C1CCNC1. The van der Waals surface area contributed by atoms with Gasteiger partial charge in [-0.15, -0.1) is 10.2 Å². The lowest BCUT2D eigenvalue weighted by Gasteiger charge is -2.14. The van der Waals surface area contributed by atoms with Crippen LogP contribution in [0.2, 0.25) is 0 Å². The van der Waals surface area contributed by atoms with Gasteiger partial charge in [-0.05, 0) is 19.9 Å². The van der Waals surface area contributed by atoms with E-state index >= 15 is 0 Å². The van der Waals surface area contributed by atoms with Gasteiger partial charge in [-0.3, -0.25) is 0 Å². The molecule has 1 aliphatic heterocycles. The number of nitrogens with zero attached hydrogens (tertiary/aromatic N) is 3. The normalized spacial score (nSPS) is 21.7. The molecule has 0 aliphatic carbocycles. The molecule has 1 N–H and O–H groups in total. The van der Waals surface area contributed by atoms with Crippen molar-refractivity contribution in [3.05, 3.63) is 11.6 Å². The van der Waals surface area contributed by atoms with E-state index in [1.54, 1.807) is 7.11 Å². The summed E-state index contributed by atoms with van der Waals surface area (Å²) in [6, 6.07) is 0.496. The number of nitrogens with one attached hydrogen (secondary N) is 1. The first kappa shape index (κ1) is 9.61. The molecule has 0 radical (unpaired) electrons. The van der Waals surface area contributed by atoms with Gasteiger partial charge >= 0.3 is 0 Å². The highest BCUT2D eigenvalue weighted by Crippen LogP contribution is 2.18. The number of hydrogen-bond acceptors (Lipinski definition) is 4. The van der Waals surface area contributed by atoms with Gasteiger partial charge in [0, 0.05) is 13.7 Å². The predicted molar refractivity (Wildman–Crippen MR) is 52.0 cm³/mol. The Balaban J connectivity index is 2.24. The molecule has 2 heterocycles. The fourth-order valence-corrected chi connectivity index (χ4v) is 1.98. The van der Waals surface area contributed by atoms with E-state index in [1.165, 1.54) is 0 Å². The lowest BCUT2D eigenvalue weighted by Crippen LogP contribution is -2.17. The minimum atomic E-state index is 0.496. The molecule has 0 bridgehead atoms. The molecular weight excluding hydrogens is 180 g/mol. The van der Waals surface area contributed by atoms with Crippen LogP contribution in [0.5, 0.6) is 0 Å². The standard InChI is InChI=1S/C9H16N4O/c1-7-11-12-9(6-14-2)13(7)8-3-4-10-5-8/h8,10H,3-6H2,1-2H3. The van der Waals surface area contributed by atoms with Crippen LogP contribution in [-0.4, -0.2) is 35.0 Å². The predicted octanol–water partition coefficient (Wildman–Crippen LogP) is 0.267. The molecule has 78 valence electrons. The summed E-state index contributed by atoms with van der Waals surface area (Å²) in [4.78, 5) is 0. The minimum Gasteiger partial charge on any atom is -0.377 e. The summed E-state index contributed by atoms with van der Waals surface area (Å²) in [5.74, 6) is 1.91. The topological polar surface area (TPSA) is 52.0 Å². The molecule has 0 aromatic carbocycles. The zero-order valence-corrected chi connectivity index (χ0v) is 8.66. The second-order valence-corrected chi connectivity index (χ2v) is 3.61. The highest BCUT2D eigenvalue weighted by Gasteiger charge is 2.21. The Morgan fingerprint density at radius 2 is 2.43 bits per heavy atom. The molecule has 1 aliphatic rings. The number of methoxy groups -OCH3 is 1. The van der Waals surface area contributed by atoms with Gasteiger partial charge in [0.05, 0.1) is 6.04 Å². The fourth-order valence-electron chi connectivity index (χ4n) is 1.98. The number of ether oxygens (including phenoxy) is 1. The van der Waals surface area contributed by atoms with Crippen LogP contribution >= 0.6 is 0 Å². The van der Waals surface area contributed by atoms with Gasteiger partial charge in [0.15, 0.2) is 5.82 Å². The quantitative estimate of drug-likeness (QED) is 0.753. The first-order valence-electron chi connectivity index (χ1n) is 4.93. The summed E-state index contributed by atoms with van der Waals surface area (Å²) in [6.07, 6.45) is 1.15. The van der Waals surface area contributed by atoms with E-state index in [0.29, 0.717) is 12.6 Å². The highest BCUT2D eigenvalue weighted by atomic mass is 16.5. The molecule has 1 aromatic rings. The molecule has 0 spiro atoms. The van der Waals surface area contributed by atoms with Crippen LogP contribution in [0.15, 0.2) is 0 Å². The van der Waals surface area contributed by atoms with Gasteiger partial charge in [-0.25, -0.2) is 0 Å². The molecule has 1 atom stereocenters. The Bertz CT molecular complexity index is 304. The summed E-state index contributed by atoms with van der Waals surface area (Å²) in [5, 5.41) is 11.5. The van der Waals surface area contributed by atoms with E-state index in [0.717, 1.165) is 31.2 Å². The van der Waals surface area contributed by atoms with Gasteiger partial charge in [0.25, 0.3) is 0 Å². The lowest BCUT2D eigenvalue weighted by molar-refractivity contribution is 0.172. The zero-order valence-electron chi connectivity index (χ0n) is 8.66. The highest BCUT2D eigenvalue weighted by molar-refractivity contribution is 4.98. The molecule has 5 heteroatoms. The Kier molecular flexibility index (Phi) is 2.79. The molecule has 0 amide bonds. The summed E-state index contributed by atoms with van der Waals surface area (Å²) in [6.45, 7) is 4.62. The molecule has 1 aromatic heterocycles. The second kappa shape index (κ2) is 4.06. The van der Waals surface area contributed by atoms with Gasteiger partial charge < -0.3 is 14.6 Å². The van der Waals surface area contributed by atoms with Crippen molar-refractivity contribution in [2.45, 2.75) is 26.0 Å². The Hall–Kier alpha value is -0.940. The maximum atomic E-state index is 5.10. The van der Waals surface area contributed by atoms with Crippen molar-refractivity contribution in [1.29, 1.82) is 0 Å². The van der Waals surface area contributed by atoms with E-state index in [9.17, 15) is 0 Å². The van der Waals surface area contributed by atoms with E-state index in [2.05, 4.69) is 20.1 Å². The van der Waals surface area contributed by atoms with Crippen LogP contribution in [0.4, 0.5) is 0 Å². The summed E-state index contributed by atoms with van der Waals surface area (Å²) < 4.78 is 7.28. The Morgan fingerprint density at radius 3 is 3.07 bits per heavy atom. The third kappa shape index (κ3) is 1.65. The third-order valence-electron chi connectivity index (χ3n) is 2.61. The van der Waals surface area contributed by atoms with E-state index in [-0.39, 0.29) is 0 Å². The molecular formula is C9H16N4O. The van der Waals surface area contributed by atoms with Gasteiger partial charge in [-0.2, -0.15) is 0 Å². The first-order valence-corrected chi connectivity index (χ1v) is 4.93. The summed E-state index contributed by atoms with van der Waals surface area (Å²) in [5.41, 5.74) is 0. The molecule has 14 heavy (non-hydrogen) atoms. The van der Waals surface area contributed by atoms with Crippen molar-refractivity contribution in [3.8, 4) is 0 Å². The molecule has 5 nitrogen and oxygen atoms in total. The summed E-state index contributed by atoms with van der Waals surface area (Å²) in [7, 11) is 1.68. The maximum absolute atomic E-state index is 5.10. The number of hydrogen-bond donors (Lipinski definition) is 1. The van der Waals surface area contributed by atoms with Gasteiger partial charge in [-0.1, -0.05) is 0 Å². The first-order chi connectivity index (χ1) is 6.83. The minimum absolute atomic E-state index is 0.496. The van der Waals surface area contributed by atoms with Crippen LogP contribution < -0.4 is 5.32 Å². The van der Waals surface area contributed by atoms with Crippen LogP contribution in [0.25, 0.3) is 0 Å². The molecule has 1 unspecified atom stereocenters. The number of aromatic nitrogens is 3.